The van der Waals surface area contributed by atoms with Gasteiger partial charge in [-0.15, -0.1) is 0 Å². The van der Waals surface area contributed by atoms with E-state index >= 15 is 0 Å². The van der Waals surface area contributed by atoms with Crippen LogP contribution in [-0.4, -0.2) is 50.8 Å². The van der Waals surface area contributed by atoms with Gasteiger partial charge in [0.15, 0.2) is 0 Å². The molecule has 3 aromatic rings. The van der Waals surface area contributed by atoms with E-state index in [1.807, 2.05) is 72.8 Å². The normalized spacial score (nSPS) is 14.4. The molecule has 0 saturated carbocycles. The predicted molar refractivity (Wildman–Crippen MR) is 134 cm³/mol. The van der Waals surface area contributed by atoms with Crippen LogP contribution >= 0.6 is 0 Å². The minimum absolute atomic E-state index is 0.0555. The highest BCUT2D eigenvalue weighted by molar-refractivity contribution is 6.01. The smallest absolute Gasteiger partial charge is 0.304 e. The highest BCUT2D eigenvalue weighted by Crippen LogP contribution is 2.36. The second-order valence-corrected chi connectivity index (χ2v) is 8.54. The molecule has 0 spiro atoms. The van der Waals surface area contributed by atoms with Crippen molar-refractivity contribution in [2.24, 2.45) is 5.16 Å². The Hall–Kier alpha value is -4.04. The van der Waals surface area contributed by atoms with Crippen LogP contribution < -0.4 is 14.2 Å². The van der Waals surface area contributed by atoms with E-state index < -0.39 is 11.4 Å². The van der Waals surface area contributed by atoms with Crippen molar-refractivity contribution in [1.29, 1.82) is 0 Å². The fraction of sp³-hybridized carbons (Fsp3) is 0.286. The van der Waals surface area contributed by atoms with E-state index in [4.69, 9.17) is 23.8 Å². The van der Waals surface area contributed by atoms with Crippen molar-refractivity contribution < 1.29 is 33.7 Å². The van der Waals surface area contributed by atoms with Crippen LogP contribution in [0.25, 0.3) is 0 Å². The lowest BCUT2D eigenvalue weighted by molar-refractivity contribution is -0.145. The molecular formula is C28H29NO7. The Morgan fingerprint density at radius 3 is 2.25 bits per heavy atom. The van der Waals surface area contributed by atoms with Crippen LogP contribution in [0.15, 0.2) is 78.0 Å². The Morgan fingerprint density at radius 1 is 0.944 bits per heavy atom. The van der Waals surface area contributed by atoms with Crippen LogP contribution in [0.5, 0.6) is 17.2 Å². The number of methoxy groups -OCH3 is 1. The lowest BCUT2D eigenvalue weighted by Gasteiger charge is -2.40. The van der Waals surface area contributed by atoms with Gasteiger partial charge in [-0.2, -0.15) is 0 Å². The van der Waals surface area contributed by atoms with E-state index in [1.165, 1.54) is 7.11 Å². The number of nitrogens with zero attached hydrogens (tertiary/aromatic N) is 1. The van der Waals surface area contributed by atoms with Gasteiger partial charge < -0.3 is 28.9 Å². The first kappa shape index (κ1) is 25.1. The van der Waals surface area contributed by atoms with Gasteiger partial charge in [-0.3, -0.25) is 4.79 Å². The predicted octanol–water partition coefficient (Wildman–Crippen LogP) is 4.45. The van der Waals surface area contributed by atoms with Gasteiger partial charge in [0.2, 0.25) is 0 Å². The molecule has 0 atom stereocenters. The van der Waals surface area contributed by atoms with Crippen molar-refractivity contribution in [2.45, 2.75) is 18.4 Å². The Morgan fingerprint density at radius 2 is 1.64 bits per heavy atom. The highest BCUT2D eigenvalue weighted by atomic mass is 16.6. The van der Waals surface area contributed by atoms with E-state index in [1.54, 1.807) is 7.11 Å². The van der Waals surface area contributed by atoms with Crippen LogP contribution in [-0.2, 0) is 26.4 Å². The summed E-state index contributed by atoms with van der Waals surface area (Å²) < 4.78 is 22.4. The number of carboxylic acid groups (broad SMARTS) is 1. The summed E-state index contributed by atoms with van der Waals surface area (Å²) in [5.74, 6) is 1.31. The fourth-order valence-electron chi connectivity index (χ4n) is 3.99. The Labute approximate surface area is 210 Å². The number of benzene rings is 3. The van der Waals surface area contributed by atoms with Crippen molar-refractivity contribution in [1.82, 2.24) is 0 Å². The second kappa shape index (κ2) is 11.6. The number of hydrogen-bond donors (Lipinski definition) is 1. The van der Waals surface area contributed by atoms with Crippen LogP contribution in [0.1, 0.15) is 23.1 Å². The van der Waals surface area contributed by atoms with Crippen molar-refractivity contribution in [3.8, 4) is 17.2 Å². The molecule has 1 heterocycles. The monoisotopic (exact) mass is 491 g/mol. The molecule has 1 saturated heterocycles. The second-order valence-electron chi connectivity index (χ2n) is 8.54. The van der Waals surface area contributed by atoms with E-state index in [0.29, 0.717) is 37.0 Å². The quantitative estimate of drug-likeness (QED) is 0.295. The lowest BCUT2D eigenvalue weighted by Crippen LogP contribution is -2.48. The van der Waals surface area contributed by atoms with Crippen LogP contribution in [0.4, 0.5) is 0 Å². The summed E-state index contributed by atoms with van der Waals surface area (Å²) in [6.45, 7) is 1.47. The summed E-state index contributed by atoms with van der Waals surface area (Å²) in [6.07, 6.45) is 0.0555. The maximum absolute atomic E-state index is 11.2. The van der Waals surface area contributed by atoms with Gasteiger partial charge in [0.05, 0.1) is 32.2 Å². The number of ether oxygens (including phenoxy) is 4. The number of aliphatic carboxylic acids is 1. The largest absolute Gasteiger partial charge is 0.497 e. The summed E-state index contributed by atoms with van der Waals surface area (Å²) in [5.41, 5.74) is 2.99. The molecule has 0 unspecified atom stereocenters. The van der Waals surface area contributed by atoms with Gasteiger partial charge >= 0.3 is 5.97 Å². The van der Waals surface area contributed by atoms with Gasteiger partial charge in [-0.1, -0.05) is 41.6 Å². The first-order chi connectivity index (χ1) is 17.5. The summed E-state index contributed by atoms with van der Waals surface area (Å²) in [5, 5.41) is 13.3. The minimum Gasteiger partial charge on any atom is -0.497 e. The first-order valence-electron chi connectivity index (χ1n) is 11.5. The third-order valence-corrected chi connectivity index (χ3v) is 6.02. The summed E-state index contributed by atoms with van der Waals surface area (Å²) in [4.78, 5) is 16.2. The molecule has 0 radical (unpaired) electrons. The van der Waals surface area contributed by atoms with Crippen LogP contribution in [0, 0.1) is 0 Å². The van der Waals surface area contributed by atoms with Crippen molar-refractivity contribution >= 4 is 11.7 Å². The van der Waals surface area contributed by atoms with E-state index in [2.05, 4.69) is 5.16 Å². The molecule has 1 fully saturated rings. The molecular weight excluding hydrogens is 462 g/mol. The summed E-state index contributed by atoms with van der Waals surface area (Å²) in [7, 11) is 3.11. The first-order valence-corrected chi connectivity index (χ1v) is 11.5. The van der Waals surface area contributed by atoms with E-state index in [9.17, 15) is 9.90 Å². The Balaban J connectivity index is 1.31. The maximum Gasteiger partial charge on any atom is 0.304 e. The fourth-order valence-corrected chi connectivity index (χ4v) is 3.99. The topological polar surface area (TPSA) is 95.8 Å². The number of carbonyl (C=O) groups is 1. The molecule has 1 aliphatic heterocycles. The number of rotatable bonds is 12. The third-order valence-electron chi connectivity index (χ3n) is 6.02. The zero-order valence-electron chi connectivity index (χ0n) is 20.3. The minimum atomic E-state index is -0.825. The molecule has 36 heavy (non-hydrogen) atoms. The number of oxime groups is 1. The molecule has 1 N–H and O–H groups in total. The lowest BCUT2D eigenvalue weighted by atomic mass is 9.76. The standard InChI is InChI=1S/C28H29NO7/c1-32-25-5-3-4-21(14-25)26(29-33-2)17-36-23-10-6-20(7-11-23)16-35-24-12-8-22(9-13-24)28(15-27(30)31)18-34-19-28/h3-14H,15-19H2,1-2H3,(H,30,31). The molecule has 1 aliphatic rings. The molecule has 4 rings (SSSR count). The van der Waals surface area contributed by atoms with Crippen molar-refractivity contribution in [3.05, 3.63) is 89.5 Å². The van der Waals surface area contributed by atoms with Gasteiger partial charge in [-0.05, 0) is 47.5 Å². The van der Waals surface area contributed by atoms with E-state index in [0.717, 1.165) is 22.4 Å². The van der Waals surface area contributed by atoms with Gasteiger partial charge in [0.1, 0.15) is 43.3 Å². The van der Waals surface area contributed by atoms with E-state index in [-0.39, 0.29) is 13.0 Å². The number of hydrogen-bond acceptors (Lipinski definition) is 7. The third kappa shape index (κ3) is 6.14. The molecule has 0 aromatic heterocycles. The summed E-state index contributed by atoms with van der Waals surface area (Å²) in [6, 6.07) is 22.7. The molecule has 0 bridgehead atoms. The van der Waals surface area contributed by atoms with Gasteiger partial charge in [-0.25, -0.2) is 0 Å². The number of carboxylic acids is 1. The zero-order valence-corrected chi connectivity index (χ0v) is 20.3. The summed E-state index contributed by atoms with van der Waals surface area (Å²) >= 11 is 0. The molecule has 188 valence electrons. The van der Waals surface area contributed by atoms with Crippen LogP contribution in [0.3, 0.4) is 0 Å². The van der Waals surface area contributed by atoms with Gasteiger partial charge in [0.25, 0.3) is 0 Å². The Kier molecular flexibility index (Phi) is 8.07. The zero-order chi connectivity index (χ0) is 25.4. The Bertz CT molecular complexity index is 1190. The molecule has 8 heteroatoms. The van der Waals surface area contributed by atoms with Gasteiger partial charge in [0, 0.05) is 5.56 Å². The average Bonchev–Trinajstić information content (AvgIpc) is 2.88. The SMILES string of the molecule is CON=C(COc1ccc(COc2ccc(C3(CC(=O)O)COC3)cc2)cc1)c1cccc(OC)c1. The highest BCUT2D eigenvalue weighted by Gasteiger charge is 2.42. The van der Waals surface area contributed by atoms with Crippen molar-refractivity contribution in [2.75, 3.05) is 34.0 Å². The molecule has 0 amide bonds. The average molecular weight is 492 g/mol. The molecule has 8 nitrogen and oxygen atoms in total. The molecule has 0 aliphatic carbocycles. The molecule has 3 aromatic carbocycles. The van der Waals surface area contributed by atoms with Crippen molar-refractivity contribution in [3.63, 3.8) is 0 Å². The van der Waals surface area contributed by atoms with Crippen LogP contribution in [0.2, 0.25) is 0 Å². The maximum atomic E-state index is 11.2.